The summed E-state index contributed by atoms with van der Waals surface area (Å²) in [5, 5.41) is 6.31. The van der Waals surface area contributed by atoms with Gasteiger partial charge in [0.05, 0.1) is 5.92 Å². The van der Waals surface area contributed by atoms with Crippen molar-refractivity contribution in [1.29, 1.82) is 0 Å². The zero-order valence-electron chi connectivity index (χ0n) is 11.3. The van der Waals surface area contributed by atoms with Gasteiger partial charge >= 0.3 is 0 Å². The lowest BCUT2D eigenvalue weighted by Crippen LogP contribution is -2.43. The van der Waals surface area contributed by atoms with Gasteiger partial charge in [0.1, 0.15) is 0 Å². The van der Waals surface area contributed by atoms with Crippen molar-refractivity contribution in [3.8, 4) is 0 Å². The van der Waals surface area contributed by atoms with E-state index in [4.69, 9.17) is 0 Å². The van der Waals surface area contributed by atoms with Crippen molar-refractivity contribution in [3.63, 3.8) is 0 Å². The fraction of sp³-hybridized carbons (Fsp3) is 0.923. The Bertz CT molecular complexity index is 247. The first-order valence-electron chi connectivity index (χ1n) is 6.22. The summed E-state index contributed by atoms with van der Waals surface area (Å²) in [6, 6.07) is 0. The van der Waals surface area contributed by atoms with Crippen LogP contribution in [0.2, 0.25) is 0 Å². The van der Waals surface area contributed by atoms with E-state index < -0.39 is 0 Å². The predicted molar refractivity (Wildman–Crippen MR) is 67.2 cm³/mol. The van der Waals surface area contributed by atoms with Crippen LogP contribution in [0.3, 0.4) is 0 Å². The Morgan fingerprint density at radius 2 is 1.94 bits per heavy atom. The van der Waals surface area contributed by atoms with E-state index in [-0.39, 0.29) is 22.7 Å². The van der Waals surface area contributed by atoms with Gasteiger partial charge in [-0.15, -0.1) is 0 Å². The van der Waals surface area contributed by atoms with Gasteiger partial charge in [0.25, 0.3) is 0 Å². The van der Waals surface area contributed by atoms with Gasteiger partial charge in [-0.1, -0.05) is 34.6 Å². The third-order valence-corrected chi connectivity index (χ3v) is 4.17. The second-order valence-electron chi connectivity index (χ2n) is 6.54. The molecule has 0 aromatic rings. The molecule has 3 nitrogen and oxygen atoms in total. The van der Waals surface area contributed by atoms with Gasteiger partial charge in [-0.25, -0.2) is 0 Å². The molecule has 1 rings (SSSR count). The minimum absolute atomic E-state index is 0.120. The van der Waals surface area contributed by atoms with E-state index in [9.17, 15) is 4.79 Å². The molecule has 0 saturated carbocycles. The summed E-state index contributed by atoms with van der Waals surface area (Å²) in [6.07, 6.45) is 0.974. The number of amides is 1. The fourth-order valence-electron chi connectivity index (χ4n) is 1.60. The lowest BCUT2D eigenvalue weighted by Gasteiger charge is -2.39. The van der Waals surface area contributed by atoms with Crippen molar-refractivity contribution in [3.05, 3.63) is 0 Å². The van der Waals surface area contributed by atoms with Crippen LogP contribution in [0.4, 0.5) is 0 Å². The molecule has 0 aliphatic carbocycles. The average molecular weight is 226 g/mol. The van der Waals surface area contributed by atoms with Crippen LogP contribution in [0.15, 0.2) is 0 Å². The molecule has 0 spiro atoms. The van der Waals surface area contributed by atoms with Gasteiger partial charge in [0, 0.05) is 13.1 Å². The van der Waals surface area contributed by atoms with E-state index in [0.717, 1.165) is 26.1 Å². The molecule has 3 heteroatoms. The fourth-order valence-corrected chi connectivity index (χ4v) is 1.60. The minimum Gasteiger partial charge on any atom is -0.355 e. The number of hydrogen-bond acceptors (Lipinski definition) is 2. The summed E-state index contributed by atoms with van der Waals surface area (Å²) in [5.74, 6) is 0.387. The van der Waals surface area contributed by atoms with E-state index in [1.807, 2.05) is 0 Å². The molecular weight excluding hydrogens is 200 g/mol. The highest BCUT2D eigenvalue weighted by Crippen LogP contribution is 2.37. The van der Waals surface area contributed by atoms with Crippen LogP contribution in [-0.2, 0) is 4.79 Å². The Labute approximate surface area is 99.4 Å². The molecule has 0 bridgehead atoms. The van der Waals surface area contributed by atoms with Crippen LogP contribution >= 0.6 is 0 Å². The summed E-state index contributed by atoms with van der Waals surface area (Å²) in [4.78, 5) is 11.9. The lowest BCUT2D eigenvalue weighted by atomic mass is 9.69. The SMILES string of the molecule is CC(C)(C)C(C)(C)CNC(=O)C1CCNC1. The maximum atomic E-state index is 11.9. The molecule has 1 aliphatic rings. The van der Waals surface area contributed by atoms with Crippen LogP contribution in [0, 0.1) is 16.7 Å². The third kappa shape index (κ3) is 3.21. The molecule has 1 fully saturated rings. The van der Waals surface area contributed by atoms with Crippen LogP contribution in [0.25, 0.3) is 0 Å². The molecule has 1 saturated heterocycles. The number of rotatable bonds is 3. The molecule has 1 heterocycles. The van der Waals surface area contributed by atoms with E-state index in [1.165, 1.54) is 0 Å². The highest BCUT2D eigenvalue weighted by molar-refractivity contribution is 5.79. The topological polar surface area (TPSA) is 41.1 Å². The number of hydrogen-bond donors (Lipinski definition) is 2. The van der Waals surface area contributed by atoms with Gasteiger partial charge in [0.15, 0.2) is 0 Å². The van der Waals surface area contributed by atoms with Crippen LogP contribution in [0.1, 0.15) is 41.0 Å². The largest absolute Gasteiger partial charge is 0.355 e. The van der Waals surface area contributed by atoms with E-state index in [1.54, 1.807) is 0 Å². The molecule has 94 valence electrons. The second-order valence-corrected chi connectivity index (χ2v) is 6.54. The maximum absolute atomic E-state index is 11.9. The van der Waals surface area contributed by atoms with Crippen molar-refractivity contribution >= 4 is 5.91 Å². The van der Waals surface area contributed by atoms with E-state index in [0.29, 0.717) is 0 Å². The Kier molecular flexibility index (Phi) is 4.00. The standard InChI is InChI=1S/C13H26N2O/c1-12(2,3)13(4,5)9-15-11(16)10-6-7-14-8-10/h10,14H,6-9H2,1-5H3,(H,15,16). The lowest BCUT2D eigenvalue weighted by molar-refractivity contribution is -0.125. The molecular formula is C13H26N2O. The monoisotopic (exact) mass is 226 g/mol. The number of carbonyl (C=O) groups is 1. The molecule has 16 heavy (non-hydrogen) atoms. The van der Waals surface area contributed by atoms with Crippen LogP contribution in [0.5, 0.6) is 0 Å². The zero-order valence-corrected chi connectivity index (χ0v) is 11.3. The highest BCUT2D eigenvalue weighted by Gasteiger charge is 2.33. The second kappa shape index (κ2) is 4.74. The molecule has 0 aromatic carbocycles. The summed E-state index contributed by atoms with van der Waals surface area (Å²) in [6.45, 7) is 13.6. The maximum Gasteiger partial charge on any atom is 0.224 e. The number of nitrogens with one attached hydrogen (secondary N) is 2. The van der Waals surface area contributed by atoms with Crippen LogP contribution < -0.4 is 10.6 Å². The van der Waals surface area contributed by atoms with Crippen molar-refractivity contribution < 1.29 is 4.79 Å². The molecule has 1 unspecified atom stereocenters. The van der Waals surface area contributed by atoms with Crippen molar-refractivity contribution in [2.75, 3.05) is 19.6 Å². The first kappa shape index (κ1) is 13.5. The number of carbonyl (C=O) groups excluding carboxylic acids is 1. The van der Waals surface area contributed by atoms with Crippen molar-refractivity contribution in [2.24, 2.45) is 16.7 Å². The summed E-state index contributed by atoms with van der Waals surface area (Å²) in [5.41, 5.74) is 0.322. The highest BCUT2D eigenvalue weighted by atomic mass is 16.1. The first-order chi connectivity index (χ1) is 7.24. The zero-order chi connectivity index (χ0) is 12.4. The first-order valence-corrected chi connectivity index (χ1v) is 6.22. The van der Waals surface area contributed by atoms with Gasteiger partial charge in [-0.05, 0) is 23.8 Å². The van der Waals surface area contributed by atoms with Crippen LogP contribution in [-0.4, -0.2) is 25.5 Å². The van der Waals surface area contributed by atoms with E-state index in [2.05, 4.69) is 45.3 Å². The Hall–Kier alpha value is -0.570. The predicted octanol–water partition coefficient (Wildman–Crippen LogP) is 1.78. The average Bonchev–Trinajstić information content (AvgIpc) is 2.65. The van der Waals surface area contributed by atoms with Gasteiger partial charge < -0.3 is 10.6 Å². The smallest absolute Gasteiger partial charge is 0.224 e. The van der Waals surface area contributed by atoms with Gasteiger partial charge in [-0.2, -0.15) is 0 Å². The molecule has 1 atom stereocenters. The molecule has 0 aromatic heterocycles. The molecule has 0 radical (unpaired) electrons. The summed E-state index contributed by atoms with van der Waals surface area (Å²) in [7, 11) is 0. The van der Waals surface area contributed by atoms with Crippen molar-refractivity contribution in [1.82, 2.24) is 10.6 Å². The summed E-state index contributed by atoms with van der Waals surface area (Å²) >= 11 is 0. The molecule has 1 aliphatic heterocycles. The quantitative estimate of drug-likeness (QED) is 0.770. The van der Waals surface area contributed by atoms with Gasteiger partial charge in [0.2, 0.25) is 5.91 Å². The Morgan fingerprint density at radius 3 is 2.38 bits per heavy atom. The minimum atomic E-state index is 0.120. The summed E-state index contributed by atoms with van der Waals surface area (Å²) < 4.78 is 0. The van der Waals surface area contributed by atoms with Crippen molar-refractivity contribution in [2.45, 2.75) is 41.0 Å². The Balaban J connectivity index is 2.41. The Morgan fingerprint density at radius 1 is 1.31 bits per heavy atom. The normalized spacial score (nSPS) is 22.2. The van der Waals surface area contributed by atoms with Gasteiger partial charge in [-0.3, -0.25) is 4.79 Å². The third-order valence-electron chi connectivity index (χ3n) is 4.17. The molecule has 1 amide bonds. The van der Waals surface area contributed by atoms with E-state index >= 15 is 0 Å². The molecule has 2 N–H and O–H groups in total.